The lowest BCUT2D eigenvalue weighted by atomic mass is 10.2. The highest BCUT2D eigenvalue weighted by Gasteiger charge is 2.26. The number of hydrogen-bond donors (Lipinski definition) is 1. The minimum atomic E-state index is 0.290. The molecule has 0 aliphatic rings. The van der Waals surface area contributed by atoms with Crippen molar-refractivity contribution in [2.24, 2.45) is 0 Å². The highest BCUT2D eigenvalue weighted by atomic mass is 35.5. The van der Waals surface area contributed by atoms with Gasteiger partial charge < -0.3 is 4.74 Å². The van der Waals surface area contributed by atoms with Gasteiger partial charge in [-0.05, 0) is 19.1 Å². The standard InChI is InChI=1S/C14H14Cl2NO2/c1-8-4-6-11(7-5-8)19-14-12(15)9(2)17(18)10(3)13(14)16/h4-7,18H,1-3H3/q+1. The van der Waals surface area contributed by atoms with E-state index in [0.29, 0.717) is 32.9 Å². The minimum Gasteiger partial charge on any atom is -0.454 e. The summed E-state index contributed by atoms with van der Waals surface area (Å²) in [6.07, 6.45) is 0. The van der Waals surface area contributed by atoms with Gasteiger partial charge in [0.1, 0.15) is 5.75 Å². The van der Waals surface area contributed by atoms with Gasteiger partial charge in [-0.2, -0.15) is 0 Å². The van der Waals surface area contributed by atoms with E-state index in [0.717, 1.165) is 10.3 Å². The summed E-state index contributed by atoms with van der Waals surface area (Å²) < 4.78 is 6.67. The lowest BCUT2D eigenvalue weighted by Crippen LogP contribution is -2.37. The van der Waals surface area contributed by atoms with Crippen molar-refractivity contribution >= 4 is 23.2 Å². The summed E-state index contributed by atoms with van der Waals surface area (Å²) in [5.41, 5.74) is 2.09. The van der Waals surface area contributed by atoms with Gasteiger partial charge in [0.05, 0.1) is 0 Å². The van der Waals surface area contributed by atoms with E-state index < -0.39 is 0 Å². The zero-order chi connectivity index (χ0) is 14.2. The molecule has 0 spiro atoms. The summed E-state index contributed by atoms with van der Waals surface area (Å²) in [7, 11) is 0. The highest BCUT2D eigenvalue weighted by Crippen LogP contribution is 2.38. The maximum atomic E-state index is 9.79. The minimum absolute atomic E-state index is 0.290. The fourth-order valence-corrected chi connectivity index (χ4v) is 2.15. The van der Waals surface area contributed by atoms with Crippen LogP contribution in [-0.2, 0) is 0 Å². The van der Waals surface area contributed by atoms with Gasteiger partial charge in [-0.3, -0.25) is 5.21 Å². The second-order valence-electron chi connectivity index (χ2n) is 4.35. The molecule has 1 heterocycles. The Hall–Kier alpha value is -1.45. The van der Waals surface area contributed by atoms with Crippen LogP contribution in [0.3, 0.4) is 0 Å². The number of ether oxygens (including phenoxy) is 1. The molecule has 1 N–H and O–H groups in total. The fourth-order valence-electron chi connectivity index (χ4n) is 1.68. The Morgan fingerprint density at radius 2 is 1.42 bits per heavy atom. The predicted molar refractivity (Wildman–Crippen MR) is 74.6 cm³/mol. The van der Waals surface area contributed by atoms with Crippen LogP contribution in [0.25, 0.3) is 0 Å². The van der Waals surface area contributed by atoms with Crippen LogP contribution in [0.5, 0.6) is 11.5 Å². The predicted octanol–water partition coefficient (Wildman–Crippen LogP) is 4.24. The van der Waals surface area contributed by atoms with Crippen LogP contribution >= 0.6 is 23.2 Å². The Labute approximate surface area is 121 Å². The number of halogens is 2. The van der Waals surface area contributed by atoms with E-state index in [1.807, 2.05) is 31.2 Å². The Balaban J connectivity index is 2.48. The quantitative estimate of drug-likeness (QED) is 0.665. The van der Waals surface area contributed by atoms with E-state index in [-0.39, 0.29) is 0 Å². The van der Waals surface area contributed by atoms with Crippen LogP contribution < -0.4 is 9.47 Å². The molecule has 0 atom stereocenters. The average molecular weight is 299 g/mol. The average Bonchev–Trinajstić information content (AvgIpc) is 2.41. The molecule has 5 heteroatoms. The number of aromatic nitrogens is 1. The summed E-state index contributed by atoms with van der Waals surface area (Å²) in [5.74, 6) is 0.997. The van der Waals surface area contributed by atoms with Crippen LogP contribution in [-0.4, -0.2) is 5.21 Å². The normalized spacial score (nSPS) is 10.6. The summed E-state index contributed by atoms with van der Waals surface area (Å²) in [6, 6.07) is 7.55. The van der Waals surface area contributed by atoms with E-state index in [1.165, 1.54) is 0 Å². The SMILES string of the molecule is Cc1ccc(Oc2c(Cl)c(C)[n+](O)c(C)c2Cl)cc1. The van der Waals surface area contributed by atoms with Crippen molar-refractivity contribution in [1.82, 2.24) is 0 Å². The van der Waals surface area contributed by atoms with E-state index >= 15 is 0 Å². The molecule has 0 bridgehead atoms. The first kappa shape index (κ1) is 14.0. The van der Waals surface area contributed by atoms with Gasteiger partial charge >= 0.3 is 0 Å². The van der Waals surface area contributed by atoms with Crippen LogP contribution in [0.4, 0.5) is 0 Å². The molecule has 0 saturated heterocycles. The zero-order valence-electron chi connectivity index (χ0n) is 10.9. The molecule has 19 heavy (non-hydrogen) atoms. The molecule has 0 aliphatic heterocycles. The third-order valence-electron chi connectivity index (χ3n) is 2.91. The van der Waals surface area contributed by atoms with Gasteiger partial charge in [-0.1, -0.05) is 40.9 Å². The first-order chi connectivity index (χ1) is 8.91. The molecule has 2 rings (SSSR count). The number of rotatable bonds is 2. The number of nitrogens with zero attached hydrogens (tertiary/aromatic N) is 1. The maximum Gasteiger partial charge on any atom is 0.253 e. The molecule has 0 fully saturated rings. The largest absolute Gasteiger partial charge is 0.454 e. The topological polar surface area (TPSA) is 33.3 Å². The van der Waals surface area contributed by atoms with Crippen molar-refractivity contribution in [3.8, 4) is 11.5 Å². The summed E-state index contributed by atoms with van der Waals surface area (Å²) in [4.78, 5) is 0. The smallest absolute Gasteiger partial charge is 0.253 e. The Kier molecular flexibility index (Phi) is 3.88. The van der Waals surface area contributed by atoms with Gasteiger partial charge in [0, 0.05) is 18.6 Å². The highest BCUT2D eigenvalue weighted by molar-refractivity contribution is 6.37. The molecule has 3 nitrogen and oxygen atoms in total. The van der Waals surface area contributed by atoms with Crippen LogP contribution in [0, 0.1) is 20.8 Å². The first-order valence-corrected chi connectivity index (χ1v) is 6.51. The Bertz CT molecular complexity index is 595. The summed E-state index contributed by atoms with van der Waals surface area (Å²) >= 11 is 12.3. The Morgan fingerprint density at radius 1 is 0.947 bits per heavy atom. The van der Waals surface area contributed by atoms with Crippen molar-refractivity contribution in [2.75, 3.05) is 0 Å². The number of benzene rings is 1. The van der Waals surface area contributed by atoms with Crippen LogP contribution in [0.1, 0.15) is 17.0 Å². The lowest BCUT2D eigenvalue weighted by Gasteiger charge is -2.10. The maximum absolute atomic E-state index is 9.79. The zero-order valence-corrected chi connectivity index (χ0v) is 12.4. The van der Waals surface area contributed by atoms with Crippen molar-refractivity contribution in [3.05, 3.63) is 51.3 Å². The van der Waals surface area contributed by atoms with E-state index in [9.17, 15) is 5.21 Å². The number of hydrogen-bond acceptors (Lipinski definition) is 2. The van der Waals surface area contributed by atoms with Crippen molar-refractivity contribution in [2.45, 2.75) is 20.8 Å². The molecular weight excluding hydrogens is 285 g/mol. The van der Waals surface area contributed by atoms with E-state index in [1.54, 1.807) is 13.8 Å². The second kappa shape index (κ2) is 5.27. The first-order valence-electron chi connectivity index (χ1n) is 5.75. The van der Waals surface area contributed by atoms with Crippen LogP contribution in [0.15, 0.2) is 24.3 Å². The van der Waals surface area contributed by atoms with Gasteiger partial charge in [0.25, 0.3) is 11.4 Å². The molecule has 0 aliphatic carbocycles. The van der Waals surface area contributed by atoms with Crippen molar-refractivity contribution < 1.29 is 14.7 Å². The third kappa shape index (κ3) is 2.62. The summed E-state index contributed by atoms with van der Waals surface area (Å²) in [6.45, 7) is 5.37. The molecule has 0 radical (unpaired) electrons. The second-order valence-corrected chi connectivity index (χ2v) is 5.11. The number of pyridine rings is 1. The van der Waals surface area contributed by atoms with E-state index in [4.69, 9.17) is 27.9 Å². The molecule has 100 valence electrons. The monoisotopic (exact) mass is 298 g/mol. The van der Waals surface area contributed by atoms with E-state index in [2.05, 4.69) is 0 Å². The molecule has 0 unspecified atom stereocenters. The van der Waals surface area contributed by atoms with Gasteiger partial charge in [-0.25, -0.2) is 0 Å². The summed E-state index contributed by atoms with van der Waals surface area (Å²) in [5, 5.41) is 10.4. The molecule has 1 aromatic carbocycles. The van der Waals surface area contributed by atoms with Gasteiger partial charge in [0.2, 0.25) is 0 Å². The van der Waals surface area contributed by atoms with Gasteiger partial charge in [0.15, 0.2) is 15.8 Å². The van der Waals surface area contributed by atoms with Gasteiger partial charge in [-0.15, -0.1) is 0 Å². The lowest BCUT2D eigenvalue weighted by molar-refractivity contribution is -0.912. The molecule has 2 aromatic rings. The number of aryl methyl sites for hydroxylation is 1. The molecule has 0 saturated carbocycles. The fraction of sp³-hybridized carbons (Fsp3) is 0.214. The van der Waals surface area contributed by atoms with Crippen molar-refractivity contribution in [3.63, 3.8) is 0 Å². The third-order valence-corrected chi connectivity index (χ3v) is 3.80. The molecular formula is C14H14Cl2NO2+. The Morgan fingerprint density at radius 3 is 1.89 bits per heavy atom. The van der Waals surface area contributed by atoms with Crippen molar-refractivity contribution in [1.29, 1.82) is 0 Å². The molecule has 1 aromatic heterocycles. The van der Waals surface area contributed by atoms with Crippen LogP contribution in [0.2, 0.25) is 10.0 Å². The molecule has 0 amide bonds.